The lowest BCUT2D eigenvalue weighted by Gasteiger charge is -2.36. The molecular formula is C10H15NO2. The summed E-state index contributed by atoms with van der Waals surface area (Å²) in [5.41, 5.74) is 6.75. The number of ether oxygens (including phenoxy) is 1. The molecule has 2 heterocycles. The minimum Gasteiger partial charge on any atom is -0.472 e. The molecule has 0 spiro atoms. The van der Waals surface area contributed by atoms with Crippen molar-refractivity contribution < 1.29 is 9.15 Å². The van der Waals surface area contributed by atoms with Gasteiger partial charge in [0.1, 0.15) is 0 Å². The fourth-order valence-electron chi connectivity index (χ4n) is 1.86. The molecule has 2 atom stereocenters. The average molecular weight is 181 g/mol. The molecule has 1 aliphatic heterocycles. The summed E-state index contributed by atoms with van der Waals surface area (Å²) >= 11 is 0. The van der Waals surface area contributed by atoms with Crippen LogP contribution in [0.15, 0.2) is 23.0 Å². The van der Waals surface area contributed by atoms with Crippen molar-refractivity contribution in [3.8, 4) is 0 Å². The Morgan fingerprint density at radius 1 is 1.62 bits per heavy atom. The molecule has 2 unspecified atom stereocenters. The monoisotopic (exact) mass is 181 g/mol. The third-order valence-electron chi connectivity index (χ3n) is 2.69. The predicted octanol–water partition coefficient (Wildman–Crippen LogP) is 1.63. The van der Waals surface area contributed by atoms with Gasteiger partial charge in [-0.2, -0.15) is 0 Å². The second-order valence-electron chi connectivity index (χ2n) is 3.84. The lowest BCUT2D eigenvalue weighted by atomic mass is 9.88. The predicted molar refractivity (Wildman–Crippen MR) is 49.2 cm³/mol. The van der Waals surface area contributed by atoms with Gasteiger partial charge >= 0.3 is 0 Å². The molecule has 2 N–H and O–H groups in total. The molecule has 13 heavy (non-hydrogen) atoms. The Bertz CT molecular complexity index is 270. The Kier molecular flexibility index (Phi) is 2.14. The van der Waals surface area contributed by atoms with Crippen molar-refractivity contribution in [2.24, 2.45) is 5.73 Å². The van der Waals surface area contributed by atoms with Gasteiger partial charge in [0.25, 0.3) is 0 Å². The summed E-state index contributed by atoms with van der Waals surface area (Å²) < 4.78 is 10.8. The summed E-state index contributed by atoms with van der Waals surface area (Å²) in [7, 11) is 0. The molecule has 3 nitrogen and oxygen atoms in total. The van der Waals surface area contributed by atoms with E-state index >= 15 is 0 Å². The summed E-state index contributed by atoms with van der Waals surface area (Å²) in [5, 5.41) is 0. The van der Waals surface area contributed by atoms with E-state index in [-0.39, 0.29) is 11.6 Å². The molecule has 0 amide bonds. The van der Waals surface area contributed by atoms with Crippen molar-refractivity contribution >= 4 is 0 Å². The molecule has 1 aliphatic rings. The number of hydrogen-bond acceptors (Lipinski definition) is 3. The summed E-state index contributed by atoms with van der Waals surface area (Å²) in [6.07, 6.45) is 5.22. The Balaban J connectivity index is 2.20. The molecule has 0 aromatic carbocycles. The van der Waals surface area contributed by atoms with Crippen LogP contribution in [0, 0.1) is 0 Å². The third kappa shape index (κ3) is 1.62. The van der Waals surface area contributed by atoms with Crippen LogP contribution in [0.1, 0.15) is 25.3 Å². The van der Waals surface area contributed by atoms with Crippen LogP contribution in [0.3, 0.4) is 0 Å². The topological polar surface area (TPSA) is 48.4 Å². The van der Waals surface area contributed by atoms with Gasteiger partial charge in [-0.25, -0.2) is 0 Å². The zero-order valence-corrected chi connectivity index (χ0v) is 7.82. The molecule has 1 aromatic heterocycles. The van der Waals surface area contributed by atoms with E-state index in [1.165, 1.54) is 0 Å². The molecule has 1 fully saturated rings. The molecule has 1 saturated heterocycles. The van der Waals surface area contributed by atoms with Crippen molar-refractivity contribution in [1.82, 2.24) is 0 Å². The molecule has 0 aliphatic carbocycles. The largest absolute Gasteiger partial charge is 0.472 e. The van der Waals surface area contributed by atoms with Gasteiger partial charge in [-0.1, -0.05) is 0 Å². The number of hydrogen-bond donors (Lipinski definition) is 1. The molecule has 72 valence electrons. The summed E-state index contributed by atoms with van der Waals surface area (Å²) in [5.74, 6) is 0. The molecule has 1 aromatic rings. The van der Waals surface area contributed by atoms with E-state index < -0.39 is 0 Å². The molecule has 2 rings (SSSR count). The van der Waals surface area contributed by atoms with Gasteiger partial charge in [-0.3, -0.25) is 0 Å². The Hall–Kier alpha value is -0.800. The van der Waals surface area contributed by atoms with Crippen LogP contribution in [-0.4, -0.2) is 12.6 Å². The van der Waals surface area contributed by atoms with E-state index in [2.05, 4.69) is 6.92 Å². The van der Waals surface area contributed by atoms with E-state index in [0.717, 1.165) is 25.0 Å². The normalized spacial score (nSPS) is 34.8. The molecular weight excluding hydrogens is 166 g/mol. The minimum atomic E-state index is -0.245. The Morgan fingerprint density at radius 3 is 3.08 bits per heavy atom. The van der Waals surface area contributed by atoms with Crippen LogP contribution in [0.5, 0.6) is 0 Å². The summed E-state index contributed by atoms with van der Waals surface area (Å²) in [6.45, 7) is 2.81. The number of nitrogens with two attached hydrogens (primary N) is 1. The van der Waals surface area contributed by atoms with E-state index in [1.54, 1.807) is 12.5 Å². The van der Waals surface area contributed by atoms with Gasteiger partial charge in [-0.05, 0) is 25.8 Å². The second-order valence-corrected chi connectivity index (χ2v) is 3.84. The highest BCUT2D eigenvalue weighted by Crippen LogP contribution is 2.34. The lowest BCUT2D eigenvalue weighted by Crippen LogP contribution is -2.40. The van der Waals surface area contributed by atoms with Gasteiger partial charge in [0.2, 0.25) is 0 Å². The highest BCUT2D eigenvalue weighted by molar-refractivity contribution is 5.16. The van der Waals surface area contributed by atoms with Gasteiger partial charge < -0.3 is 14.9 Å². The molecule has 0 saturated carbocycles. The van der Waals surface area contributed by atoms with Crippen molar-refractivity contribution in [2.45, 2.75) is 31.4 Å². The SMILES string of the molecule is CC1(c2ccoc2)CC(N)CCO1. The van der Waals surface area contributed by atoms with Crippen molar-refractivity contribution in [2.75, 3.05) is 6.61 Å². The van der Waals surface area contributed by atoms with Crippen LogP contribution in [-0.2, 0) is 10.3 Å². The highest BCUT2D eigenvalue weighted by atomic mass is 16.5. The first-order valence-electron chi connectivity index (χ1n) is 4.63. The summed E-state index contributed by atoms with van der Waals surface area (Å²) in [4.78, 5) is 0. The van der Waals surface area contributed by atoms with Gasteiger partial charge in [0.15, 0.2) is 0 Å². The van der Waals surface area contributed by atoms with Crippen LogP contribution in [0.25, 0.3) is 0 Å². The van der Waals surface area contributed by atoms with Crippen LogP contribution in [0.4, 0.5) is 0 Å². The molecule has 0 radical (unpaired) electrons. The Morgan fingerprint density at radius 2 is 2.46 bits per heavy atom. The second kappa shape index (κ2) is 3.16. The van der Waals surface area contributed by atoms with Crippen LogP contribution < -0.4 is 5.73 Å². The third-order valence-corrected chi connectivity index (χ3v) is 2.69. The fraction of sp³-hybridized carbons (Fsp3) is 0.600. The zero-order valence-electron chi connectivity index (χ0n) is 7.82. The first-order chi connectivity index (χ1) is 6.21. The zero-order chi connectivity index (χ0) is 9.31. The fourth-order valence-corrected chi connectivity index (χ4v) is 1.86. The lowest BCUT2D eigenvalue weighted by molar-refractivity contribution is -0.0768. The maximum absolute atomic E-state index is 5.91. The van der Waals surface area contributed by atoms with E-state index in [4.69, 9.17) is 14.9 Å². The first-order valence-corrected chi connectivity index (χ1v) is 4.63. The maximum Gasteiger partial charge on any atom is 0.0963 e. The Labute approximate surface area is 77.9 Å². The van der Waals surface area contributed by atoms with E-state index in [0.29, 0.717) is 0 Å². The number of rotatable bonds is 1. The van der Waals surface area contributed by atoms with Crippen LogP contribution >= 0.6 is 0 Å². The number of furan rings is 1. The first kappa shape index (κ1) is 8.78. The highest BCUT2D eigenvalue weighted by Gasteiger charge is 2.34. The van der Waals surface area contributed by atoms with Gasteiger partial charge in [0, 0.05) is 18.2 Å². The minimum absolute atomic E-state index is 0.244. The van der Waals surface area contributed by atoms with E-state index in [9.17, 15) is 0 Å². The standard InChI is InChI=1S/C10H15NO2/c1-10(8-2-4-12-7-8)6-9(11)3-5-13-10/h2,4,7,9H,3,5-6,11H2,1H3. The summed E-state index contributed by atoms with van der Waals surface area (Å²) in [6, 6.07) is 2.19. The van der Waals surface area contributed by atoms with Gasteiger partial charge in [0.05, 0.1) is 18.1 Å². The van der Waals surface area contributed by atoms with Crippen LogP contribution in [0.2, 0.25) is 0 Å². The molecule has 0 bridgehead atoms. The molecule has 3 heteroatoms. The smallest absolute Gasteiger partial charge is 0.0963 e. The van der Waals surface area contributed by atoms with Gasteiger partial charge in [-0.15, -0.1) is 0 Å². The van der Waals surface area contributed by atoms with Crippen molar-refractivity contribution in [3.05, 3.63) is 24.2 Å². The van der Waals surface area contributed by atoms with E-state index in [1.807, 2.05) is 6.07 Å². The quantitative estimate of drug-likeness (QED) is 0.716. The van der Waals surface area contributed by atoms with Crippen molar-refractivity contribution in [3.63, 3.8) is 0 Å². The average Bonchev–Trinajstić information content (AvgIpc) is 2.55. The van der Waals surface area contributed by atoms with Crippen molar-refractivity contribution in [1.29, 1.82) is 0 Å². The maximum atomic E-state index is 5.91.